The van der Waals surface area contributed by atoms with Crippen molar-refractivity contribution in [2.45, 2.75) is 25.3 Å². The summed E-state index contributed by atoms with van der Waals surface area (Å²) in [6, 6.07) is 0.462. The van der Waals surface area contributed by atoms with Gasteiger partial charge in [-0.3, -0.25) is 15.1 Å². The van der Waals surface area contributed by atoms with Crippen LogP contribution < -0.4 is 11.3 Å². The third-order valence-electron chi connectivity index (χ3n) is 2.49. The summed E-state index contributed by atoms with van der Waals surface area (Å²) in [4.78, 5) is 13.0. The summed E-state index contributed by atoms with van der Waals surface area (Å²) in [5.74, 6) is 4.79. The van der Waals surface area contributed by atoms with Crippen LogP contribution in [0.15, 0.2) is 0 Å². The van der Waals surface area contributed by atoms with Crippen LogP contribution in [0.3, 0.4) is 0 Å². The SMILES string of the molecule is NNC(=O)CN(CCO)C1CCC1. The number of amides is 1. The molecule has 76 valence electrons. The first-order valence-electron chi connectivity index (χ1n) is 4.62. The summed E-state index contributed by atoms with van der Waals surface area (Å²) in [7, 11) is 0. The van der Waals surface area contributed by atoms with Gasteiger partial charge in [0.25, 0.3) is 0 Å². The lowest BCUT2D eigenvalue weighted by molar-refractivity contribution is -0.123. The fourth-order valence-corrected chi connectivity index (χ4v) is 1.50. The number of nitrogens with zero attached hydrogens (tertiary/aromatic N) is 1. The van der Waals surface area contributed by atoms with Gasteiger partial charge >= 0.3 is 0 Å². The minimum Gasteiger partial charge on any atom is -0.395 e. The summed E-state index contributed by atoms with van der Waals surface area (Å²) in [6.45, 7) is 0.939. The lowest BCUT2D eigenvalue weighted by Gasteiger charge is -2.36. The van der Waals surface area contributed by atoms with Crippen molar-refractivity contribution in [1.82, 2.24) is 10.3 Å². The molecule has 0 unspecified atom stereocenters. The Balaban J connectivity index is 2.32. The van der Waals surface area contributed by atoms with Gasteiger partial charge in [0.1, 0.15) is 0 Å². The molecular weight excluding hydrogens is 170 g/mol. The molecule has 1 aliphatic carbocycles. The zero-order valence-electron chi connectivity index (χ0n) is 7.70. The molecule has 0 aromatic heterocycles. The highest BCUT2D eigenvalue weighted by molar-refractivity contribution is 5.77. The first-order chi connectivity index (χ1) is 6.27. The number of hydrogen-bond acceptors (Lipinski definition) is 4. The molecular formula is C8H17N3O2. The summed E-state index contributed by atoms with van der Waals surface area (Å²) in [5.41, 5.74) is 2.09. The maximum absolute atomic E-state index is 11.0. The zero-order valence-corrected chi connectivity index (χ0v) is 7.70. The molecule has 0 heterocycles. The minimum absolute atomic E-state index is 0.0916. The Morgan fingerprint density at radius 2 is 2.31 bits per heavy atom. The van der Waals surface area contributed by atoms with Crippen LogP contribution in [-0.4, -0.2) is 41.7 Å². The molecule has 5 heteroatoms. The van der Waals surface area contributed by atoms with Crippen LogP contribution in [-0.2, 0) is 4.79 Å². The molecule has 1 fully saturated rings. The Morgan fingerprint density at radius 1 is 1.62 bits per heavy atom. The fraction of sp³-hybridized carbons (Fsp3) is 0.875. The number of hydrazine groups is 1. The molecule has 0 aromatic carbocycles. The molecule has 1 amide bonds. The molecule has 0 atom stereocenters. The standard InChI is InChI=1S/C8H17N3O2/c9-10-8(13)6-11(4-5-12)7-2-1-3-7/h7,12H,1-6,9H2,(H,10,13). The van der Waals surface area contributed by atoms with Crippen LogP contribution in [0.5, 0.6) is 0 Å². The normalized spacial score (nSPS) is 17.2. The van der Waals surface area contributed by atoms with Crippen LogP contribution in [0.4, 0.5) is 0 Å². The summed E-state index contributed by atoms with van der Waals surface area (Å²) in [6.07, 6.45) is 3.46. The van der Waals surface area contributed by atoms with Crippen molar-refractivity contribution in [1.29, 1.82) is 0 Å². The van der Waals surface area contributed by atoms with Crippen molar-refractivity contribution in [3.8, 4) is 0 Å². The van der Waals surface area contributed by atoms with E-state index >= 15 is 0 Å². The molecule has 0 spiro atoms. The van der Waals surface area contributed by atoms with Gasteiger partial charge in [0, 0.05) is 12.6 Å². The number of carbonyl (C=O) groups is 1. The maximum atomic E-state index is 11.0. The van der Waals surface area contributed by atoms with Gasteiger partial charge in [-0.1, -0.05) is 6.42 Å². The van der Waals surface area contributed by atoms with Crippen LogP contribution in [0.25, 0.3) is 0 Å². The van der Waals surface area contributed by atoms with Crippen molar-refractivity contribution < 1.29 is 9.90 Å². The van der Waals surface area contributed by atoms with Crippen LogP contribution in [0.1, 0.15) is 19.3 Å². The van der Waals surface area contributed by atoms with Crippen molar-refractivity contribution in [2.24, 2.45) is 5.84 Å². The molecule has 0 aromatic rings. The Bertz CT molecular complexity index is 171. The van der Waals surface area contributed by atoms with Crippen molar-refractivity contribution in [3.05, 3.63) is 0 Å². The molecule has 13 heavy (non-hydrogen) atoms. The summed E-state index contributed by atoms with van der Waals surface area (Å²) in [5, 5.41) is 8.79. The second-order valence-corrected chi connectivity index (χ2v) is 3.35. The predicted octanol–water partition coefficient (Wildman–Crippen LogP) is -1.18. The van der Waals surface area contributed by atoms with Crippen molar-refractivity contribution in [2.75, 3.05) is 19.7 Å². The number of aliphatic hydroxyl groups excluding tert-OH is 1. The number of nitrogens with one attached hydrogen (secondary N) is 1. The number of rotatable bonds is 5. The number of hydrogen-bond donors (Lipinski definition) is 3. The fourth-order valence-electron chi connectivity index (χ4n) is 1.50. The summed E-state index contributed by atoms with van der Waals surface area (Å²) < 4.78 is 0. The van der Waals surface area contributed by atoms with Gasteiger partial charge in [0.2, 0.25) is 5.91 Å². The van der Waals surface area contributed by atoms with E-state index in [9.17, 15) is 4.79 Å². The van der Waals surface area contributed by atoms with E-state index in [2.05, 4.69) is 5.43 Å². The topological polar surface area (TPSA) is 78.6 Å². The average molecular weight is 187 g/mol. The van der Waals surface area contributed by atoms with E-state index in [4.69, 9.17) is 10.9 Å². The first-order valence-corrected chi connectivity index (χ1v) is 4.62. The van der Waals surface area contributed by atoms with E-state index in [0.717, 1.165) is 12.8 Å². The molecule has 1 rings (SSSR count). The minimum atomic E-state index is -0.194. The van der Waals surface area contributed by atoms with Crippen LogP contribution in [0, 0.1) is 0 Å². The molecule has 1 aliphatic rings. The Morgan fingerprint density at radius 3 is 2.69 bits per heavy atom. The van der Waals surface area contributed by atoms with Gasteiger partial charge in [0.15, 0.2) is 0 Å². The third kappa shape index (κ3) is 2.95. The van der Waals surface area contributed by atoms with Crippen molar-refractivity contribution >= 4 is 5.91 Å². The van der Waals surface area contributed by atoms with Crippen molar-refractivity contribution in [3.63, 3.8) is 0 Å². The van der Waals surface area contributed by atoms with E-state index in [-0.39, 0.29) is 12.5 Å². The van der Waals surface area contributed by atoms with Crippen LogP contribution >= 0.6 is 0 Å². The Hall–Kier alpha value is -0.650. The molecule has 1 saturated carbocycles. The molecule has 0 saturated heterocycles. The lowest BCUT2D eigenvalue weighted by Crippen LogP contribution is -2.48. The average Bonchev–Trinajstić information content (AvgIpc) is 2.01. The van der Waals surface area contributed by atoms with E-state index in [1.807, 2.05) is 4.90 Å². The quantitative estimate of drug-likeness (QED) is 0.288. The number of aliphatic hydroxyl groups is 1. The largest absolute Gasteiger partial charge is 0.395 e. The third-order valence-corrected chi connectivity index (χ3v) is 2.49. The van der Waals surface area contributed by atoms with Gasteiger partial charge < -0.3 is 5.11 Å². The van der Waals surface area contributed by atoms with Gasteiger partial charge in [-0.25, -0.2) is 5.84 Å². The van der Waals surface area contributed by atoms with E-state index < -0.39 is 0 Å². The lowest BCUT2D eigenvalue weighted by atomic mass is 9.91. The van der Waals surface area contributed by atoms with Gasteiger partial charge in [-0.05, 0) is 12.8 Å². The van der Waals surface area contributed by atoms with E-state index in [0.29, 0.717) is 19.1 Å². The van der Waals surface area contributed by atoms with E-state index in [1.54, 1.807) is 0 Å². The van der Waals surface area contributed by atoms with Gasteiger partial charge in [0.05, 0.1) is 13.2 Å². The monoisotopic (exact) mass is 187 g/mol. The molecule has 0 aliphatic heterocycles. The smallest absolute Gasteiger partial charge is 0.248 e. The zero-order chi connectivity index (χ0) is 9.68. The second kappa shape index (κ2) is 5.16. The first kappa shape index (κ1) is 10.4. The van der Waals surface area contributed by atoms with Gasteiger partial charge in [-0.15, -0.1) is 0 Å². The number of nitrogens with two attached hydrogens (primary N) is 1. The highest BCUT2D eigenvalue weighted by Gasteiger charge is 2.25. The molecule has 4 N–H and O–H groups in total. The molecule has 5 nitrogen and oxygen atoms in total. The highest BCUT2D eigenvalue weighted by Crippen LogP contribution is 2.23. The maximum Gasteiger partial charge on any atom is 0.248 e. The van der Waals surface area contributed by atoms with E-state index in [1.165, 1.54) is 6.42 Å². The van der Waals surface area contributed by atoms with Gasteiger partial charge in [-0.2, -0.15) is 0 Å². The molecule has 0 radical (unpaired) electrons. The van der Waals surface area contributed by atoms with Crippen LogP contribution in [0.2, 0.25) is 0 Å². The highest BCUT2D eigenvalue weighted by atomic mass is 16.3. The second-order valence-electron chi connectivity index (χ2n) is 3.35. The molecule has 0 bridgehead atoms. The Kier molecular flexibility index (Phi) is 4.14. The number of carbonyl (C=O) groups excluding carboxylic acids is 1. The Labute approximate surface area is 77.9 Å². The summed E-state index contributed by atoms with van der Waals surface area (Å²) >= 11 is 0. The predicted molar refractivity (Wildman–Crippen MR) is 48.6 cm³/mol.